The van der Waals surface area contributed by atoms with E-state index < -0.39 is 35.5 Å². The van der Waals surface area contributed by atoms with Gasteiger partial charge in [-0.15, -0.1) is 0 Å². The number of carbonyl (C=O) groups excluding carboxylic acids is 4. The maximum Gasteiger partial charge on any atom is 0.379 e. The first-order valence-electron chi connectivity index (χ1n) is 8.48. The third kappa shape index (κ3) is 3.10. The van der Waals surface area contributed by atoms with Gasteiger partial charge in [0.1, 0.15) is 11.9 Å². The molecule has 0 aliphatic carbocycles. The summed E-state index contributed by atoms with van der Waals surface area (Å²) in [6.07, 6.45) is -0.200. The molecule has 1 atom stereocenters. The Labute approximate surface area is 163 Å². The molecule has 9 nitrogen and oxygen atoms in total. The lowest BCUT2D eigenvalue weighted by molar-refractivity contribution is -0.159. The van der Waals surface area contributed by atoms with Gasteiger partial charge < -0.3 is 10.6 Å². The number of hydrogen-bond acceptors (Lipinski definition) is 7. The van der Waals surface area contributed by atoms with E-state index in [0.717, 1.165) is 12.1 Å². The Morgan fingerprint density at radius 2 is 1.62 bits per heavy atom. The van der Waals surface area contributed by atoms with Crippen molar-refractivity contribution in [3.8, 4) is 0 Å². The van der Waals surface area contributed by atoms with E-state index in [9.17, 15) is 23.6 Å². The number of carbonyl (C=O) groups is 4. The minimum atomic E-state index is -1.07. The molecule has 0 saturated heterocycles. The largest absolute Gasteiger partial charge is 0.379 e. The molecule has 1 unspecified atom stereocenters. The zero-order chi connectivity index (χ0) is 20.7. The molecule has 0 fully saturated rings. The van der Waals surface area contributed by atoms with Gasteiger partial charge in [0.15, 0.2) is 5.71 Å². The van der Waals surface area contributed by atoms with Crippen LogP contribution in [0, 0.1) is 5.82 Å². The summed E-state index contributed by atoms with van der Waals surface area (Å²) in [5.41, 5.74) is 5.73. The number of amides is 3. The molecule has 0 radical (unpaired) electrons. The number of anilines is 1. The highest BCUT2D eigenvalue weighted by Crippen LogP contribution is 2.27. The van der Waals surface area contributed by atoms with Gasteiger partial charge in [-0.3, -0.25) is 19.4 Å². The number of hydroxylamine groups is 2. The van der Waals surface area contributed by atoms with Crippen LogP contribution in [-0.4, -0.2) is 40.5 Å². The lowest BCUT2D eigenvalue weighted by atomic mass is 10.1. The molecule has 10 heteroatoms. The van der Waals surface area contributed by atoms with Crippen LogP contribution in [0.5, 0.6) is 0 Å². The minimum Gasteiger partial charge on any atom is -0.368 e. The fourth-order valence-electron chi connectivity index (χ4n) is 3.07. The first-order valence-corrected chi connectivity index (χ1v) is 8.48. The predicted molar refractivity (Wildman–Crippen MR) is 96.9 cm³/mol. The van der Waals surface area contributed by atoms with Crippen molar-refractivity contribution in [1.82, 2.24) is 5.06 Å². The van der Waals surface area contributed by atoms with Crippen molar-refractivity contribution in [3.63, 3.8) is 0 Å². The topological polar surface area (TPSA) is 122 Å². The van der Waals surface area contributed by atoms with Crippen LogP contribution in [0.1, 0.15) is 27.1 Å². The van der Waals surface area contributed by atoms with Gasteiger partial charge in [0, 0.05) is 6.42 Å². The van der Waals surface area contributed by atoms with Crippen LogP contribution < -0.4 is 10.7 Å². The fourth-order valence-corrected chi connectivity index (χ4v) is 3.07. The Kier molecular flexibility index (Phi) is 4.30. The van der Waals surface area contributed by atoms with E-state index >= 15 is 0 Å². The number of imide groups is 1. The van der Waals surface area contributed by atoms with Gasteiger partial charge in [0.25, 0.3) is 11.8 Å². The summed E-state index contributed by atoms with van der Waals surface area (Å²) in [5.74, 6) is -3.88. The Morgan fingerprint density at radius 3 is 2.17 bits per heavy atom. The molecule has 4 rings (SSSR count). The number of fused-ring (bicyclic) bond motifs is 1. The van der Waals surface area contributed by atoms with Gasteiger partial charge in [0.2, 0.25) is 5.91 Å². The van der Waals surface area contributed by atoms with Crippen molar-refractivity contribution < 1.29 is 28.4 Å². The first kappa shape index (κ1) is 18.3. The number of hydrazone groups is 1. The number of rotatable bonds is 4. The average molecular weight is 396 g/mol. The SMILES string of the molecule is NC(=O)C1CC(C(=O)ON2C(=O)c3ccccc3C2=O)=NN1c1ccc(F)cc1. The molecule has 0 spiro atoms. The van der Waals surface area contributed by atoms with Gasteiger partial charge in [-0.05, 0) is 36.4 Å². The van der Waals surface area contributed by atoms with E-state index in [2.05, 4.69) is 5.10 Å². The molecular formula is C19H13FN4O5. The van der Waals surface area contributed by atoms with Gasteiger partial charge in [-0.2, -0.15) is 5.10 Å². The van der Waals surface area contributed by atoms with Gasteiger partial charge in [-0.1, -0.05) is 17.2 Å². The van der Waals surface area contributed by atoms with Crippen LogP contribution >= 0.6 is 0 Å². The standard InChI is InChI=1S/C19H13FN4O5/c20-10-5-7-11(8-6-10)23-15(16(21)25)9-14(22-23)19(28)29-24-17(26)12-3-1-2-4-13(12)18(24)27/h1-8,15H,9H2,(H2,21,25). The Bertz CT molecular complexity index is 1050. The maximum absolute atomic E-state index is 13.2. The Hall–Kier alpha value is -4.08. The van der Waals surface area contributed by atoms with E-state index in [1.165, 1.54) is 29.3 Å². The van der Waals surface area contributed by atoms with Crippen LogP contribution in [0.25, 0.3) is 0 Å². The third-order valence-corrected chi connectivity index (χ3v) is 4.50. The highest BCUT2D eigenvalue weighted by atomic mass is 19.1. The maximum atomic E-state index is 13.2. The van der Waals surface area contributed by atoms with E-state index in [1.807, 2.05) is 0 Å². The second kappa shape index (κ2) is 6.82. The normalized spacial score (nSPS) is 18.0. The van der Waals surface area contributed by atoms with Gasteiger partial charge >= 0.3 is 5.97 Å². The summed E-state index contributed by atoms with van der Waals surface area (Å²) in [6.45, 7) is 0. The summed E-state index contributed by atoms with van der Waals surface area (Å²) in [5, 5.41) is 5.56. The van der Waals surface area contributed by atoms with E-state index in [4.69, 9.17) is 10.6 Å². The molecule has 146 valence electrons. The molecule has 2 aromatic rings. The summed E-state index contributed by atoms with van der Waals surface area (Å²) in [7, 11) is 0. The Morgan fingerprint density at radius 1 is 1.03 bits per heavy atom. The van der Waals surface area contributed by atoms with E-state index in [1.54, 1.807) is 12.1 Å². The number of benzene rings is 2. The van der Waals surface area contributed by atoms with E-state index in [0.29, 0.717) is 10.8 Å². The molecule has 0 bridgehead atoms. The number of nitrogens with zero attached hydrogens (tertiary/aromatic N) is 3. The summed E-state index contributed by atoms with van der Waals surface area (Å²) >= 11 is 0. The second-order valence-corrected chi connectivity index (χ2v) is 6.32. The summed E-state index contributed by atoms with van der Waals surface area (Å²) in [6, 6.07) is 10.1. The van der Waals surface area contributed by atoms with Gasteiger partial charge in [0.05, 0.1) is 16.8 Å². The van der Waals surface area contributed by atoms with Crippen LogP contribution in [0.4, 0.5) is 10.1 Å². The fraction of sp³-hybridized carbons (Fsp3) is 0.105. The lowest BCUT2D eigenvalue weighted by Gasteiger charge is -2.20. The van der Waals surface area contributed by atoms with Crippen LogP contribution in [0.3, 0.4) is 0 Å². The van der Waals surface area contributed by atoms with Crippen molar-refractivity contribution in [3.05, 3.63) is 65.5 Å². The van der Waals surface area contributed by atoms with E-state index in [-0.39, 0.29) is 23.3 Å². The van der Waals surface area contributed by atoms with Crippen LogP contribution in [0.15, 0.2) is 53.6 Å². The molecule has 0 saturated carbocycles. The van der Waals surface area contributed by atoms with Crippen LogP contribution in [0.2, 0.25) is 0 Å². The second-order valence-electron chi connectivity index (χ2n) is 6.32. The molecular weight excluding hydrogens is 383 g/mol. The molecule has 2 aliphatic heterocycles. The average Bonchev–Trinajstić information content (AvgIpc) is 3.26. The molecule has 2 aliphatic rings. The lowest BCUT2D eigenvalue weighted by Crippen LogP contribution is -2.40. The highest BCUT2D eigenvalue weighted by molar-refractivity contribution is 6.38. The summed E-state index contributed by atoms with van der Waals surface area (Å²) < 4.78 is 13.2. The molecule has 2 aromatic carbocycles. The molecule has 2 N–H and O–H groups in total. The highest BCUT2D eigenvalue weighted by Gasteiger charge is 2.41. The predicted octanol–water partition coefficient (Wildman–Crippen LogP) is 1.00. The Balaban J connectivity index is 1.57. The quantitative estimate of drug-likeness (QED) is 0.770. The molecule has 3 amide bonds. The zero-order valence-corrected chi connectivity index (χ0v) is 14.7. The minimum absolute atomic E-state index is 0.113. The smallest absolute Gasteiger partial charge is 0.368 e. The zero-order valence-electron chi connectivity index (χ0n) is 14.7. The summed E-state index contributed by atoms with van der Waals surface area (Å²) in [4.78, 5) is 53.9. The van der Waals surface area contributed by atoms with Crippen molar-refractivity contribution in [2.75, 3.05) is 5.01 Å². The van der Waals surface area contributed by atoms with Crippen molar-refractivity contribution >= 4 is 35.1 Å². The van der Waals surface area contributed by atoms with Crippen molar-refractivity contribution in [1.29, 1.82) is 0 Å². The van der Waals surface area contributed by atoms with Crippen molar-refractivity contribution in [2.45, 2.75) is 12.5 Å². The number of primary amides is 1. The number of nitrogens with two attached hydrogens (primary N) is 1. The number of halogens is 1. The monoisotopic (exact) mass is 396 g/mol. The molecule has 2 heterocycles. The molecule has 29 heavy (non-hydrogen) atoms. The van der Waals surface area contributed by atoms with Crippen molar-refractivity contribution in [2.24, 2.45) is 10.8 Å². The number of hydrogen-bond donors (Lipinski definition) is 1. The van der Waals surface area contributed by atoms with Gasteiger partial charge in [-0.25, -0.2) is 9.18 Å². The van der Waals surface area contributed by atoms with Crippen LogP contribution in [-0.2, 0) is 14.4 Å². The molecule has 0 aromatic heterocycles. The third-order valence-electron chi connectivity index (χ3n) is 4.50. The first-order chi connectivity index (χ1) is 13.9.